The highest BCUT2D eigenvalue weighted by molar-refractivity contribution is 9.10. The third kappa shape index (κ3) is 4.35. The van der Waals surface area contributed by atoms with Gasteiger partial charge in [0.1, 0.15) is 12.1 Å². The van der Waals surface area contributed by atoms with E-state index in [0.717, 1.165) is 58.9 Å². The lowest BCUT2D eigenvalue weighted by Gasteiger charge is -2.35. The summed E-state index contributed by atoms with van der Waals surface area (Å²) in [7, 11) is 0. The zero-order chi connectivity index (χ0) is 21.9. The number of piperazine rings is 1. The van der Waals surface area contributed by atoms with E-state index < -0.39 is 0 Å². The van der Waals surface area contributed by atoms with Gasteiger partial charge in [-0.25, -0.2) is 14.6 Å². The molecule has 162 valence electrons. The van der Waals surface area contributed by atoms with Crippen LogP contribution in [0.3, 0.4) is 0 Å². The van der Waals surface area contributed by atoms with Gasteiger partial charge in [-0.05, 0) is 36.4 Å². The van der Waals surface area contributed by atoms with E-state index in [1.165, 1.54) is 0 Å². The SMILES string of the molecule is O=C(CN1CCN(c2ncnc3c2cnn3-c2ccccc2)CC1)Nc1ccc(Br)cc1. The lowest BCUT2D eigenvalue weighted by atomic mass is 10.2. The standard InChI is InChI=1S/C23H22BrN7O/c24-17-6-8-18(9-7-17)28-21(32)15-29-10-12-30(13-11-29)22-20-14-27-31(23(20)26-16-25-22)19-4-2-1-3-5-19/h1-9,14,16H,10-13,15H2,(H,28,32). The van der Waals surface area contributed by atoms with Crippen LogP contribution in [0.4, 0.5) is 11.5 Å². The molecular formula is C23H22BrN7O. The van der Waals surface area contributed by atoms with Crippen LogP contribution in [0, 0.1) is 0 Å². The number of aromatic nitrogens is 4. The number of hydrogen-bond donors (Lipinski definition) is 1. The minimum absolute atomic E-state index is 0.00524. The van der Waals surface area contributed by atoms with Gasteiger partial charge in [-0.2, -0.15) is 5.10 Å². The molecule has 2 aromatic carbocycles. The molecule has 1 aliphatic rings. The highest BCUT2D eigenvalue weighted by atomic mass is 79.9. The number of para-hydroxylation sites is 1. The Bertz CT molecular complexity index is 1220. The van der Waals surface area contributed by atoms with Crippen molar-refractivity contribution in [3.8, 4) is 5.69 Å². The van der Waals surface area contributed by atoms with Gasteiger partial charge in [0, 0.05) is 36.3 Å². The van der Waals surface area contributed by atoms with Crippen molar-refractivity contribution in [3.05, 3.63) is 71.6 Å². The molecule has 32 heavy (non-hydrogen) atoms. The van der Waals surface area contributed by atoms with Crippen molar-refractivity contribution in [2.45, 2.75) is 0 Å². The van der Waals surface area contributed by atoms with Gasteiger partial charge < -0.3 is 10.2 Å². The van der Waals surface area contributed by atoms with E-state index in [0.29, 0.717) is 6.54 Å². The van der Waals surface area contributed by atoms with Crippen LogP contribution in [-0.2, 0) is 4.79 Å². The van der Waals surface area contributed by atoms with Crippen LogP contribution in [0.5, 0.6) is 0 Å². The molecule has 1 N–H and O–H groups in total. The molecular weight excluding hydrogens is 470 g/mol. The van der Waals surface area contributed by atoms with Gasteiger partial charge in [0.05, 0.1) is 23.8 Å². The van der Waals surface area contributed by atoms with E-state index in [2.05, 4.69) is 46.1 Å². The molecule has 2 aromatic heterocycles. The molecule has 1 saturated heterocycles. The van der Waals surface area contributed by atoms with Crippen molar-refractivity contribution in [3.63, 3.8) is 0 Å². The second-order valence-corrected chi connectivity index (χ2v) is 8.56. The lowest BCUT2D eigenvalue weighted by molar-refractivity contribution is -0.117. The number of nitrogens with zero attached hydrogens (tertiary/aromatic N) is 6. The molecule has 0 aliphatic carbocycles. The quantitative estimate of drug-likeness (QED) is 0.461. The number of benzene rings is 2. The first kappa shape index (κ1) is 20.6. The summed E-state index contributed by atoms with van der Waals surface area (Å²) < 4.78 is 2.82. The molecule has 1 amide bonds. The van der Waals surface area contributed by atoms with Gasteiger partial charge in [0.2, 0.25) is 5.91 Å². The number of nitrogens with one attached hydrogen (secondary N) is 1. The number of carbonyl (C=O) groups excluding carboxylic acids is 1. The third-order valence-electron chi connectivity index (χ3n) is 5.51. The molecule has 0 bridgehead atoms. The van der Waals surface area contributed by atoms with Crippen LogP contribution in [0.15, 0.2) is 71.6 Å². The summed E-state index contributed by atoms with van der Waals surface area (Å²) in [5, 5.41) is 8.43. The van der Waals surface area contributed by atoms with E-state index in [4.69, 9.17) is 0 Å². The maximum absolute atomic E-state index is 12.4. The van der Waals surface area contributed by atoms with Crippen molar-refractivity contribution < 1.29 is 4.79 Å². The molecule has 0 spiro atoms. The topological polar surface area (TPSA) is 79.2 Å². The van der Waals surface area contributed by atoms with Gasteiger partial charge in [-0.3, -0.25) is 9.69 Å². The maximum Gasteiger partial charge on any atom is 0.238 e. The van der Waals surface area contributed by atoms with Gasteiger partial charge >= 0.3 is 0 Å². The number of amides is 1. The average molecular weight is 492 g/mol. The van der Waals surface area contributed by atoms with Crippen LogP contribution < -0.4 is 10.2 Å². The Kier molecular flexibility index (Phi) is 5.83. The van der Waals surface area contributed by atoms with Crippen molar-refractivity contribution in [2.75, 3.05) is 42.9 Å². The van der Waals surface area contributed by atoms with Crippen LogP contribution in [0.25, 0.3) is 16.7 Å². The summed E-state index contributed by atoms with van der Waals surface area (Å²) in [6.45, 7) is 3.51. The number of halogens is 1. The number of carbonyl (C=O) groups is 1. The van der Waals surface area contributed by atoms with Crippen molar-refractivity contribution >= 4 is 44.4 Å². The lowest BCUT2D eigenvalue weighted by Crippen LogP contribution is -2.49. The first-order valence-electron chi connectivity index (χ1n) is 10.4. The summed E-state index contributed by atoms with van der Waals surface area (Å²) in [6, 6.07) is 17.6. The van der Waals surface area contributed by atoms with E-state index in [-0.39, 0.29) is 5.91 Å². The van der Waals surface area contributed by atoms with Gasteiger partial charge in [-0.15, -0.1) is 0 Å². The first-order valence-corrected chi connectivity index (χ1v) is 11.2. The maximum atomic E-state index is 12.4. The Morgan fingerprint density at radius 2 is 1.72 bits per heavy atom. The minimum Gasteiger partial charge on any atom is -0.353 e. The minimum atomic E-state index is -0.00524. The molecule has 4 aromatic rings. The molecule has 0 saturated carbocycles. The number of hydrogen-bond acceptors (Lipinski definition) is 6. The Hall–Kier alpha value is -3.30. The summed E-state index contributed by atoms with van der Waals surface area (Å²) in [4.78, 5) is 25.8. The predicted octanol–water partition coefficient (Wildman–Crippen LogP) is 3.34. The first-order chi connectivity index (χ1) is 15.7. The van der Waals surface area contributed by atoms with Gasteiger partial charge in [0.15, 0.2) is 5.65 Å². The Morgan fingerprint density at radius 3 is 2.47 bits per heavy atom. The Morgan fingerprint density at radius 1 is 0.969 bits per heavy atom. The second-order valence-electron chi connectivity index (χ2n) is 7.64. The highest BCUT2D eigenvalue weighted by Crippen LogP contribution is 2.25. The molecule has 9 heteroatoms. The highest BCUT2D eigenvalue weighted by Gasteiger charge is 2.22. The number of fused-ring (bicyclic) bond motifs is 1. The van der Waals surface area contributed by atoms with Crippen molar-refractivity contribution in [1.29, 1.82) is 0 Å². The fraction of sp³-hybridized carbons (Fsp3) is 0.217. The molecule has 3 heterocycles. The summed E-state index contributed by atoms with van der Waals surface area (Å²) >= 11 is 3.40. The second kappa shape index (κ2) is 9.05. The van der Waals surface area contributed by atoms with Gasteiger partial charge in [0.25, 0.3) is 0 Å². The zero-order valence-corrected chi connectivity index (χ0v) is 18.9. The average Bonchev–Trinajstić information content (AvgIpc) is 3.26. The van der Waals surface area contributed by atoms with Crippen LogP contribution in [-0.4, -0.2) is 63.3 Å². The largest absolute Gasteiger partial charge is 0.353 e. The van der Waals surface area contributed by atoms with E-state index in [9.17, 15) is 4.79 Å². The summed E-state index contributed by atoms with van der Waals surface area (Å²) in [6.07, 6.45) is 3.42. The van der Waals surface area contributed by atoms with Crippen LogP contribution >= 0.6 is 15.9 Å². The summed E-state index contributed by atoms with van der Waals surface area (Å²) in [5.74, 6) is 0.880. The fourth-order valence-corrected chi connectivity index (χ4v) is 4.16. The molecule has 1 fully saturated rings. The van der Waals surface area contributed by atoms with E-state index >= 15 is 0 Å². The molecule has 0 radical (unpaired) electrons. The molecule has 0 atom stereocenters. The monoisotopic (exact) mass is 491 g/mol. The Labute approximate surface area is 194 Å². The van der Waals surface area contributed by atoms with Gasteiger partial charge in [-0.1, -0.05) is 34.1 Å². The summed E-state index contributed by atoms with van der Waals surface area (Å²) in [5.41, 5.74) is 2.56. The van der Waals surface area contributed by atoms with E-state index in [1.54, 1.807) is 6.33 Å². The van der Waals surface area contributed by atoms with Crippen molar-refractivity contribution in [2.24, 2.45) is 0 Å². The van der Waals surface area contributed by atoms with Crippen molar-refractivity contribution in [1.82, 2.24) is 24.6 Å². The van der Waals surface area contributed by atoms with E-state index in [1.807, 2.05) is 65.5 Å². The zero-order valence-electron chi connectivity index (χ0n) is 17.4. The number of anilines is 2. The predicted molar refractivity (Wildman–Crippen MR) is 128 cm³/mol. The smallest absolute Gasteiger partial charge is 0.238 e. The van der Waals surface area contributed by atoms with Crippen LogP contribution in [0.2, 0.25) is 0 Å². The number of rotatable bonds is 5. The normalized spacial score (nSPS) is 14.6. The molecule has 5 rings (SSSR count). The molecule has 8 nitrogen and oxygen atoms in total. The molecule has 0 unspecified atom stereocenters. The molecule has 1 aliphatic heterocycles. The third-order valence-corrected chi connectivity index (χ3v) is 6.04. The Balaban J connectivity index is 1.24. The fourth-order valence-electron chi connectivity index (χ4n) is 3.90. The van der Waals surface area contributed by atoms with Crippen LogP contribution in [0.1, 0.15) is 0 Å².